The predicted molar refractivity (Wildman–Crippen MR) is 129 cm³/mol. The van der Waals surface area contributed by atoms with Crippen molar-refractivity contribution in [3.05, 3.63) is 0 Å². The fraction of sp³-hybridized carbons (Fsp3) is 1.00. The molecule has 8 nitrogen and oxygen atoms in total. The van der Waals surface area contributed by atoms with Crippen molar-refractivity contribution in [1.82, 2.24) is 0 Å². The number of ether oxygens (including phenoxy) is 8. The Kier molecular flexibility index (Phi) is 5.28. The zero-order chi connectivity index (χ0) is 24.2. The number of rotatable bonds is 1. The van der Waals surface area contributed by atoms with Crippen molar-refractivity contribution < 1.29 is 37.9 Å². The molecule has 10 rings (SSSR count). The Morgan fingerprint density at radius 2 is 1.00 bits per heavy atom. The number of hydrogen-bond acceptors (Lipinski definition) is 8. The smallest absolute Gasteiger partial charge is 0.170 e. The quantitative estimate of drug-likeness (QED) is 0.488. The summed E-state index contributed by atoms with van der Waals surface area (Å²) >= 11 is 0. The summed E-state index contributed by atoms with van der Waals surface area (Å²) in [6.45, 7) is 3.46. The van der Waals surface area contributed by atoms with Gasteiger partial charge in [-0.1, -0.05) is 0 Å². The minimum absolute atomic E-state index is 0.0219. The number of epoxide rings is 4. The maximum absolute atomic E-state index is 6.21. The molecule has 10 fully saturated rings. The lowest BCUT2D eigenvalue weighted by molar-refractivity contribution is -0.316. The van der Waals surface area contributed by atoms with Crippen LogP contribution in [0, 0.1) is 16.7 Å². The molecular formula is C29H42O8. The van der Waals surface area contributed by atoms with Crippen molar-refractivity contribution in [3.63, 3.8) is 0 Å². The van der Waals surface area contributed by atoms with Crippen LogP contribution in [-0.4, -0.2) is 87.3 Å². The van der Waals surface area contributed by atoms with E-state index in [9.17, 15) is 0 Å². The Bertz CT molecular complexity index is 858. The maximum atomic E-state index is 6.21. The fourth-order valence-corrected chi connectivity index (χ4v) is 8.56. The van der Waals surface area contributed by atoms with Gasteiger partial charge in [0, 0.05) is 29.6 Å². The van der Waals surface area contributed by atoms with E-state index in [-0.39, 0.29) is 22.9 Å². The molecule has 0 aromatic carbocycles. The third-order valence-electron chi connectivity index (χ3n) is 11.4. The van der Waals surface area contributed by atoms with Crippen LogP contribution < -0.4 is 0 Å². The van der Waals surface area contributed by atoms with Crippen LogP contribution in [0.3, 0.4) is 0 Å². The molecule has 0 aromatic rings. The van der Waals surface area contributed by atoms with Gasteiger partial charge in [0.25, 0.3) is 0 Å². The zero-order valence-electron chi connectivity index (χ0n) is 21.9. The second kappa shape index (κ2) is 8.35. The van der Waals surface area contributed by atoms with Gasteiger partial charge in [0.1, 0.15) is 0 Å². The highest BCUT2D eigenvalue weighted by Crippen LogP contribution is 2.53. The maximum Gasteiger partial charge on any atom is 0.170 e. The SMILES string of the molecule is C1CC2(COC3(CCC4OC4C3)OC2)CC2OC12.C1CC2OC2CC1C1OCC2(CCC3OC3C2)CO1. The second-order valence-electron chi connectivity index (χ2n) is 14.1. The Balaban J connectivity index is 0.000000110. The number of hydrogen-bond donors (Lipinski definition) is 0. The van der Waals surface area contributed by atoms with Crippen LogP contribution in [0.1, 0.15) is 77.0 Å². The highest BCUT2D eigenvalue weighted by atomic mass is 16.7. The van der Waals surface area contributed by atoms with Gasteiger partial charge in [-0.3, -0.25) is 0 Å². The van der Waals surface area contributed by atoms with Gasteiger partial charge in [-0.2, -0.15) is 0 Å². The van der Waals surface area contributed by atoms with Gasteiger partial charge in [-0.25, -0.2) is 0 Å². The first-order valence-electron chi connectivity index (χ1n) is 15.2. The fourth-order valence-electron chi connectivity index (χ4n) is 8.56. The first kappa shape index (κ1) is 23.4. The van der Waals surface area contributed by atoms with E-state index < -0.39 is 0 Å². The van der Waals surface area contributed by atoms with Crippen molar-refractivity contribution in [3.8, 4) is 0 Å². The van der Waals surface area contributed by atoms with Gasteiger partial charge < -0.3 is 37.9 Å². The van der Waals surface area contributed by atoms with Crippen molar-refractivity contribution >= 4 is 0 Å². The standard InChI is InChI=1S/C15H22O4.C14H20O4/c1-2-10-12(18-10)5-9(1)14-16-7-15(8-17-14)4-3-11-13(6-15)19-11;1-3-13(5-11-9(1)17-11)7-15-14(16-8-13)4-2-10-12(6-14)18-10/h9-14H,1-8H2;9-12H,1-8H2. The van der Waals surface area contributed by atoms with E-state index in [2.05, 4.69) is 0 Å². The Hall–Kier alpha value is -0.320. The predicted octanol–water partition coefficient (Wildman–Crippen LogP) is 3.48. The molecule has 8 heteroatoms. The summed E-state index contributed by atoms with van der Waals surface area (Å²) in [5, 5.41) is 0. The molecule has 0 N–H and O–H groups in total. The van der Waals surface area contributed by atoms with E-state index in [0.717, 1.165) is 65.0 Å². The molecule has 9 atom stereocenters. The average Bonchev–Trinajstić information content (AvgIpc) is 3.76. The summed E-state index contributed by atoms with van der Waals surface area (Å²) in [5.41, 5.74) is 0.492. The van der Waals surface area contributed by atoms with Gasteiger partial charge in [-0.05, 0) is 64.2 Å². The van der Waals surface area contributed by atoms with Crippen LogP contribution >= 0.6 is 0 Å². The molecule has 0 bridgehead atoms. The van der Waals surface area contributed by atoms with Crippen LogP contribution in [0.5, 0.6) is 0 Å². The number of fused-ring (bicyclic) bond motifs is 4. The molecule has 37 heavy (non-hydrogen) atoms. The third-order valence-corrected chi connectivity index (χ3v) is 11.4. The normalized spacial score (nSPS) is 60.3. The molecule has 6 saturated heterocycles. The lowest BCUT2D eigenvalue weighted by Crippen LogP contribution is -2.52. The van der Waals surface area contributed by atoms with Crippen molar-refractivity contribution in [2.24, 2.45) is 16.7 Å². The van der Waals surface area contributed by atoms with E-state index in [4.69, 9.17) is 37.9 Å². The van der Waals surface area contributed by atoms with Crippen molar-refractivity contribution in [2.75, 3.05) is 26.4 Å². The van der Waals surface area contributed by atoms with E-state index in [1.807, 2.05) is 0 Å². The molecule has 4 saturated carbocycles. The summed E-state index contributed by atoms with van der Waals surface area (Å²) in [5.74, 6) is 0.235. The van der Waals surface area contributed by atoms with E-state index in [1.165, 1.54) is 38.5 Å². The van der Waals surface area contributed by atoms with Crippen LogP contribution in [-0.2, 0) is 37.9 Å². The highest BCUT2D eigenvalue weighted by molar-refractivity contribution is 5.03. The Labute approximate surface area is 219 Å². The monoisotopic (exact) mass is 518 g/mol. The topological polar surface area (TPSA) is 87.0 Å². The first-order chi connectivity index (χ1) is 18.1. The lowest BCUT2D eigenvalue weighted by Gasteiger charge is -2.48. The zero-order valence-corrected chi connectivity index (χ0v) is 21.9. The second-order valence-corrected chi connectivity index (χ2v) is 14.1. The Morgan fingerprint density at radius 3 is 1.59 bits per heavy atom. The van der Waals surface area contributed by atoms with Gasteiger partial charge in [0.05, 0.1) is 75.3 Å². The van der Waals surface area contributed by atoms with Gasteiger partial charge >= 0.3 is 0 Å². The largest absolute Gasteiger partial charge is 0.370 e. The molecule has 6 aliphatic heterocycles. The minimum Gasteiger partial charge on any atom is -0.370 e. The minimum atomic E-state index is -0.315. The van der Waals surface area contributed by atoms with Gasteiger partial charge in [-0.15, -0.1) is 0 Å². The molecule has 0 amide bonds. The lowest BCUT2D eigenvalue weighted by atomic mass is 9.74. The molecule has 0 aromatic heterocycles. The van der Waals surface area contributed by atoms with Crippen LogP contribution in [0.2, 0.25) is 0 Å². The van der Waals surface area contributed by atoms with Crippen LogP contribution in [0.25, 0.3) is 0 Å². The third kappa shape index (κ3) is 4.42. The van der Waals surface area contributed by atoms with Crippen LogP contribution in [0.4, 0.5) is 0 Å². The van der Waals surface area contributed by atoms with Crippen molar-refractivity contribution in [1.29, 1.82) is 0 Å². The summed E-state index contributed by atoms with van der Waals surface area (Å²) in [6, 6.07) is 0. The Morgan fingerprint density at radius 1 is 0.459 bits per heavy atom. The molecule has 3 spiro atoms. The molecule has 6 heterocycles. The molecule has 0 radical (unpaired) electrons. The molecule has 9 unspecified atom stereocenters. The van der Waals surface area contributed by atoms with E-state index in [1.54, 1.807) is 0 Å². The van der Waals surface area contributed by atoms with Crippen LogP contribution in [0.15, 0.2) is 0 Å². The molecular weight excluding hydrogens is 476 g/mol. The molecule has 10 aliphatic rings. The molecule has 206 valence electrons. The molecule has 4 aliphatic carbocycles. The van der Waals surface area contributed by atoms with E-state index in [0.29, 0.717) is 54.7 Å². The summed E-state index contributed by atoms with van der Waals surface area (Å²) in [6.07, 6.45) is 17.8. The first-order valence-corrected chi connectivity index (χ1v) is 15.2. The summed E-state index contributed by atoms with van der Waals surface area (Å²) < 4.78 is 47.1. The van der Waals surface area contributed by atoms with Gasteiger partial charge in [0.2, 0.25) is 0 Å². The summed E-state index contributed by atoms with van der Waals surface area (Å²) in [4.78, 5) is 0. The average molecular weight is 519 g/mol. The van der Waals surface area contributed by atoms with E-state index >= 15 is 0 Å². The van der Waals surface area contributed by atoms with Gasteiger partial charge in [0.15, 0.2) is 12.1 Å². The highest BCUT2D eigenvalue weighted by Gasteiger charge is 2.58. The van der Waals surface area contributed by atoms with Crippen molar-refractivity contribution in [2.45, 2.75) is 138 Å². The summed E-state index contributed by atoms with van der Waals surface area (Å²) in [7, 11) is 0.